The summed E-state index contributed by atoms with van der Waals surface area (Å²) in [5, 5.41) is 9.83. The van der Waals surface area contributed by atoms with E-state index in [0.717, 1.165) is 36.3 Å². The van der Waals surface area contributed by atoms with Crippen molar-refractivity contribution >= 4 is 7.82 Å². The van der Waals surface area contributed by atoms with Crippen molar-refractivity contribution in [1.82, 2.24) is 9.55 Å². The monoisotopic (exact) mass is 397 g/mol. The van der Waals surface area contributed by atoms with E-state index in [9.17, 15) is 19.4 Å². The molecule has 2 saturated heterocycles. The molecule has 0 bridgehead atoms. The van der Waals surface area contributed by atoms with Gasteiger partial charge in [0.05, 0.1) is 18.8 Å². The second-order valence-corrected chi connectivity index (χ2v) is 8.79. The smallest absolute Gasteiger partial charge is 0.348 e. The number of aromatic nitrogens is 2. The number of nitriles is 1. The molecule has 2 aliphatic heterocycles. The topological polar surface area (TPSA) is 133 Å². The summed E-state index contributed by atoms with van der Waals surface area (Å²) in [5.74, 6) is 0. The van der Waals surface area contributed by atoms with E-state index < -0.39 is 42.9 Å². The Labute approximate surface area is 154 Å². The highest BCUT2D eigenvalue weighted by atomic mass is 31.2. The molecule has 0 spiro atoms. The second kappa shape index (κ2) is 6.69. The van der Waals surface area contributed by atoms with Crippen molar-refractivity contribution in [1.29, 1.82) is 5.26 Å². The van der Waals surface area contributed by atoms with E-state index in [1.54, 1.807) is 6.92 Å². The van der Waals surface area contributed by atoms with Crippen molar-refractivity contribution in [3.8, 4) is 6.07 Å². The minimum atomic E-state index is -3.84. The van der Waals surface area contributed by atoms with Crippen LogP contribution in [0.5, 0.6) is 0 Å². The minimum absolute atomic E-state index is 0.0828. The average molecular weight is 397 g/mol. The van der Waals surface area contributed by atoms with Gasteiger partial charge in [0.25, 0.3) is 5.56 Å². The lowest BCUT2D eigenvalue weighted by Crippen LogP contribution is -2.43. The number of nitrogens with zero attached hydrogens (tertiary/aromatic N) is 2. The maximum atomic E-state index is 12.9. The fourth-order valence-corrected chi connectivity index (χ4v) is 5.57. The largest absolute Gasteiger partial charge is 0.475 e. The highest BCUT2D eigenvalue weighted by Gasteiger charge is 2.61. The third-order valence-electron chi connectivity index (χ3n) is 5.31. The molecule has 1 aromatic rings. The predicted octanol–water partition coefficient (Wildman–Crippen LogP) is 1.45. The van der Waals surface area contributed by atoms with E-state index in [0.29, 0.717) is 0 Å². The van der Waals surface area contributed by atoms with Gasteiger partial charge in [-0.3, -0.25) is 27.9 Å². The van der Waals surface area contributed by atoms with Crippen LogP contribution in [-0.4, -0.2) is 34.5 Å². The number of fused-ring (bicyclic) bond motifs is 1. The summed E-state index contributed by atoms with van der Waals surface area (Å²) in [7, 11) is -3.84. The molecule has 10 nitrogen and oxygen atoms in total. The van der Waals surface area contributed by atoms with Crippen LogP contribution in [0.25, 0.3) is 0 Å². The minimum Gasteiger partial charge on any atom is -0.348 e. The van der Waals surface area contributed by atoms with Crippen LogP contribution in [0.2, 0.25) is 0 Å². The van der Waals surface area contributed by atoms with Crippen LogP contribution in [0.1, 0.15) is 38.8 Å². The molecule has 146 valence electrons. The molecule has 0 aromatic carbocycles. The van der Waals surface area contributed by atoms with Gasteiger partial charge in [0.1, 0.15) is 17.6 Å². The van der Waals surface area contributed by atoms with E-state index >= 15 is 0 Å². The molecule has 1 aliphatic carbocycles. The van der Waals surface area contributed by atoms with Crippen molar-refractivity contribution in [3.05, 3.63) is 33.1 Å². The summed E-state index contributed by atoms with van der Waals surface area (Å²) in [6.07, 6.45) is 1.97. The van der Waals surface area contributed by atoms with Gasteiger partial charge in [-0.05, 0) is 19.8 Å². The van der Waals surface area contributed by atoms with Crippen LogP contribution in [0, 0.1) is 16.7 Å². The summed E-state index contributed by atoms with van der Waals surface area (Å²) >= 11 is 0. The van der Waals surface area contributed by atoms with Gasteiger partial charge in [0.2, 0.25) is 0 Å². The first-order valence-corrected chi connectivity index (χ1v) is 10.3. The summed E-state index contributed by atoms with van der Waals surface area (Å²) in [6, 6.07) is 3.29. The normalized spacial score (nSPS) is 39.2. The number of H-pyrrole nitrogens is 1. The molecular formula is C16H20N3O7P. The van der Waals surface area contributed by atoms with Gasteiger partial charge in [-0.1, -0.05) is 12.8 Å². The van der Waals surface area contributed by atoms with Gasteiger partial charge in [0.15, 0.2) is 6.23 Å². The maximum absolute atomic E-state index is 12.9. The van der Waals surface area contributed by atoms with Crippen LogP contribution >= 0.6 is 7.82 Å². The Bertz CT molecular complexity index is 931. The molecule has 5 atom stereocenters. The molecule has 1 N–H and O–H groups in total. The number of nitrogens with one attached hydrogen (secondary N) is 1. The Balaban J connectivity index is 1.63. The van der Waals surface area contributed by atoms with Crippen LogP contribution in [0.15, 0.2) is 21.9 Å². The standard InChI is InChI=1S/C16H20N3O7P/c1-16(9-17)13-11(24-14(16)19-7-6-12(20)18-15(19)21)8-23-27(22,26-13)25-10-4-2-3-5-10/h6-7,10-11,13-14H,2-5,8H2,1H3,(H,18,20,21). The summed E-state index contributed by atoms with van der Waals surface area (Å²) < 4.78 is 36.5. The van der Waals surface area contributed by atoms with Crippen molar-refractivity contribution < 1.29 is 22.9 Å². The molecule has 0 radical (unpaired) electrons. The molecule has 0 amide bonds. The summed E-state index contributed by atoms with van der Waals surface area (Å²) in [4.78, 5) is 25.6. The fraction of sp³-hybridized carbons (Fsp3) is 0.688. The van der Waals surface area contributed by atoms with E-state index in [2.05, 4.69) is 11.1 Å². The number of aromatic amines is 1. The Hall–Kier alpha value is -1.76. The van der Waals surface area contributed by atoms with Crippen molar-refractivity contribution in [3.63, 3.8) is 0 Å². The number of phosphoric ester groups is 1. The fourth-order valence-electron chi connectivity index (χ4n) is 3.86. The number of rotatable bonds is 3. The van der Waals surface area contributed by atoms with E-state index in [-0.39, 0.29) is 12.7 Å². The molecule has 3 fully saturated rings. The Morgan fingerprint density at radius 2 is 2.15 bits per heavy atom. The highest BCUT2D eigenvalue weighted by Crippen LogP contribution is 2.61. The van der Waals surface area contributed by atoms with Crippen LogP contribution in [0.4, 0.5) is 0 Å². The van der Waals surface area contributed by atoms with Gasteiger partial charge < -0.3 is 4.74 Å². The molecule has 4 rings (SSSR count). The SMILES string of the molecule is CC1(C#N)C2OP(=O)(OC3CCCC3)OCC2OC1n1ccc(=O)[nH]c1=O. The predicted molar refractivity (Wildman–Crippen MR) is 90.7 cm³/mol. The highest BCUT2D eigenvalue weighted by molar-refractivity contribution is 7.48. The summed E-state index contributed by atoms with van der Waals surface area (Å²) in [6.45, 7) is 1.48. The third-order valence-corrected chi connectivity index (χ3v) is 6.82. The van der Waals surface area contributed by atoms with Crippen LogP contribution in [-0.2, 0) is 22.9 Å². The average Bonchev–Trinajstić information content (AvgIpc) is 3.22. The third kappa shape index (κ3) is 3.20. The van der Waals surface area contributed by atoms with Crippen molar-refractivity contribution in [2.45, 2.75) is 57.1 Å². The first-order valence-electron chi connectivity index (χ1n) is 8.84. The zero-order chi connectivity index (χ0) is 19.2. The zero-order valence-corrected chi connectivity index (χ0v) is 15.6. The molecule has 5 unspecified atom stereocenters. The number of hydrogen-bond acceptors (Lipinski definition) is 8. The maximum Gasteiger partial charge on any atom is 0.475 e. The van der Waals surface area contributed by atoms with Gasteiger partial charge in [0, 0.05) is 12.3 Å². The molecule has 3 heterocycles. The Morgan fingerprint density at radius 1 is 1.41 bits per heavy atom. The number of ether oxygens (including phenoxy) is 1. The molecule has 3 aliphatic rings. The van der Waals surface area contributed by atoms with E-state index in [4.69, 9.17) is 18.3 Å². The van der Waals surface area contributed by atoms with E-state index in [1.807, 2.05) is 0 Å². The molecule has 1 aromatic heterocycles. The molecule has 11 heteroatoms. The lowest BCUT2D eigenvalue weighted by atomic mass is 9.84. The van der Waals surface area contributed by atoms with Crippen LogP contribution in [0.3, 0.4) is 0 Å². The number of phosphoric acid groups is 1. The molecule has 1 saturated carbocycles. The Morgan fingerprint density at radius 3 is 2.81 bits per heavy atom. The first kappa shape index (κ1) is 18.6. The Kier molecular flexibility index (Phi) is 4.61. The quantitative estimate of drug-likeness (QED) is 0.758. The summed E-state index contributed by atoms with van der Waals surface area (Å²) in [5.41, 5.74) is -2.61. The second-order valence-electron chi connectivity index (χ2n) is 7.22. The van der Waals surface area contributed by atoms with Gasteiger partial charge in [-0.25, -0.2) is 9.36 Å². The van der Waals surface area contributed by atoms with Crippen molar-refractivity contribution in [2.75, 3.05) is 6.61 Å². The molecular weight excluding hydrogens is 377 g/mol. The molecule has 27 heavy (non-hydrogen) atoms. The van der Waals surface area contributed by atoms with Crippen LogP contribution < -0.4 is 11.2 Å². The lowest BCUT2D eigenvalue weighted by Gasteiger charge is -2.35. The van der Waals surface area contributed by atoms with Gasteiger partial charge in [-0.2, -0.15) is 5.26 Å². The van der Waals surface area contributed by atoms with Crippen molar-refractivity contribution in [2.24, 2.45) is 5.41 Å². The van der Waals surface area contributed by atoms with Gasteiger partial charge >= 0.3 is 13.5 Å². The lowest BCUT2D eigenvalue weighted by molar-refractivity contribution is -0.0760. The zero-order valence-electron chi connectivity index (χ0n) is 14.7. The first-order chi connectivity index (χ1) is 12.8. The van der Waals surface area contributed by atoms with Gasteiger partial charge in [-0.15, -0.1) is 0 Å². The number of hydrogen-bond donors (Lipinski definition) is 1. The van der Waals surface area contributed by atoms with E-state index in [1.165, 1.54) is 6.20 Å².